The number of anilines is 2. The van der Waals surface area contributed by atoms with Gasteiger partial charge in [-0.15, -0.1) is 0 Å². The van der Waals surface area contributed by atoms with Gasteiger partial charge >= 0.3 is 12.0 Å². The van der Waals surface area contributed by atoms with Gasteiger partial charge in [-0.3, -0.25) is 4.79 Å². The Morgan fingerprint density at radius 2 is 1.48 bits per heavy atom. The predicted octanol–water partition coefficient (Wildman–Crippen LogP) is 2.77. The minimum atomic E-state index is -0.709. The van der Waals surface area contributed by atoms with Crippen molar-refractivity contribution in [3.63, 3.8) is 0 Å². The van der Waals surface area contributed by atoms with E-state index in [1.165, 1.54) is 24.3 Å². The molecule has 4 N–H and O–H groups in total. The summed E-state index contributed by atoms with van der Waals surface area (Å²) in [5, 5.41) is 5.01. The first-order chi connectivity index (χ1) is 13.9. The van der Waals surface area contributed by atoms with Crippen LogP contribution in [0.2, 0.25) is 0 Å². The van der Waals surface area contributed by atoms with Crippen LogP contribution in [-0.4, -0.2) is 37.7 Å². The van der Waals surface area contributed by atoms with Crippen LogP contribution in [0.1, 0.15) is 24.2 Å². The third kappa shape index (κ3) is 6.73. The maximum atomic E-state index is 12.1. The van der Waals surface area contributed by atoms with E-state index in [2.05, 4.69) is 10.6 Å². The van der Waals surface area contributed by atoms with Gasteiger partial charge in [-0.25, -0.2) is 9.59 Å². The summed E-state index contributed by atoms with van der Waals surface area (Å²) >= 11 is 0. The minimum Gasteiger partial charge on any atom is -0.490 e. The lowest BCUT2D eigenvalue weighted by atomic mass is 10.2. The van der Waals surface area contributed by atoms with Crippen LogP contribution >= 0.6 is 0 Å². The van der Waals surface area contributed by atoms with Crippen LogP contribution in [0.3, 0.4) is 0 Å². The molecule has 2 aromatic carbocycles. The van der Waals surface area contributed by atoms with Crippen LogP contribution in [-0.2, 0) is 9.53 Å². The molecule has 0 spiro atoms. The minimum absolute atomic E-state index is 0.229. The molecule has 0 aliphatic heterocycles. The first kappa shape index (κ1) is 21.5. The summed E-state index contributed by atoms with van der Waals surface area (Å²) in [6.45, 7) is 4.18. The molecule has 0 aromatic heterocycles. The molecule has 0 aliphatic carbocycles. The average molecular weight is 401 g/mol. The number of benzene rings is 2. The second-order valence-corrected chi connectivity index (χ2v) is 5.72. The monoisotopic (exact) mass is 401 g/mol. The van der Waals surface area contributed by atoms with Crippen molar-refractivity contribution < 1.29 is 28.6 Å². The largest absolute Gasteiger partial charge is 0.490 e. The summed E-state index contributed by atoms with van der Waals surface area (Å²) in [6.07, 6.45) is 0. The summed E-state index contributed by atoms with van der Waals surface area (Å²) in [5.74, 6) is -0.0914. The molecule has 9 heteroatoms. The fraction of sp³-hybridized carbons (Fsp3) is 0.250. The lowest BCUT2D eigenvalue weighted by Gasteiger charge is -2.13. The second kappa shape index (κ2) is 10.5. The fourth-order valence-corrected chi connectivity index (χ4v) is 2.37. The van der Waals surface area contributed by atoms with Gasteiger partial charge in [0.2, 0.25) is 0 Å². The number of hydrogen-bond donors (Lipinski definition) is 3. The zero-order valence-electron chi connectivity index (χ0n) is 16.2. The zero-order valence-corrected chi connectivity index (χ0v) is 16.2. The molecule has 2 rings (SSSR count). The Balaban J connectivity index is 1.91. The molecule has 29 heavy (non-hydrogen) atoms. The van der Waals surface area contributed by atoms with E-state index < -0.39 is 24.5 Å². The Labute approximate surface area is 168 Å². The van der Waals surface area contributed by atoms with Crippen LogP contribution in [0.25, 0.3) is 0 Å². The Bertz CT molecular complexity index is 867. The molecular formula is C20H23N3O6. The van der Waals surface area contributed by atoms with E-state index in [0.717, 1.165) is 0 Å². The molecule has 0 bridgehead atoms. The number of rotatable bonds is 9. The highest BCUT2D eigenvalue weighted by molar-refractivity contribution is 5.96. The van der Waals surface area contributed by atoms with Crippen LogP contribution in [0.4, 0.5) is 16.2 Å². The molecule has 0 unspecified atom stereocenters. The van der Waals surface area contributed by atoms with Crippen molar-refractivity contribution in [2.45, 2.75) is 13.8 Å². The van der Waals surface area contributed by atoms with Crippen molar-refractivity contribution in [2.75, 3.05) is 30.5 Å². The molecule has 0 atom stereocenters. The Morgan fingerprint density at radius 3 is 2.10 bits per heavy atom. The third-order valence-corrected chi connectivity index (χ3v) is 3.55. The number of esters is 1. The molecule has 0 saturated carbocycles. The molecule has 0 radical (unpaired) electrons. The lowest BCUT2D eigenvalue weighted by Crippen LogP contribution is -2.21. The highest BCUT2D eigenvalue weighted by Gasteiger charge is 2.12. The molecule has 154 valence electrons. The average Bonchev–Trinajstić information content (AvgIpc) is 2.68. The summed E-state index contributed by atoms with van der Waals surface area (Å²) in [7, 11) is 0. The Hall–Kier alpha value is -3.75. The highest BCUT2D eigenvalue weighted by Crippen LogP contribution is 2.30. The van der Waals surface area contributed by atoms with Gasteiger partial charge in [0.15, 0.2) is 18.1 Å². The number of amides is 3. The van der Waals surface area contributed by atoms with E-state index in [9.17, 15) is 14.4 Å². The van der Waals surface area contributed by atoms with Crippen LogP contribution in [0, 0.1) is 0 Å². The standard InChI is InChI=1S/C20H23N3O6/c1-3-27-16-10-9-15(11-17(16)28-4-2)22-18(24)12-29-19(25)13-5-7-14(8-6-13)23-20(21)26/h5-11H,3-4,12H2,1-2H3,(H,22,24)(H3,21,23,26). The Morgan fingerprint density at radius 1 is 0.862 bits per heavy atom. The number of carbonyl (C=O) groups is 3. The van der Waals surface area contributed by atoms with E-state index in [0.29, 0.717) is 36.1 Å². The van der Waals surface area contributed by atoms with E-state index in [1.54, 1.807) is 18.2 Å². The van der Waals surface area contributed by atoms with Crippen molar-refractivity contribution in [2.24, 2.45) is 5.73 Å². The number of urea groups is 1. The maximum Gasteiger partial charge on any atom is 0.338 e. The molecule has 3 amide bonds. The van der Waals surface area contributed by atoms with Gasteiger partial charge in [0.1, 0.15) is 0 Å². The lowest BCUT2D eigenvalue weighted by molar-refractivity contribution is -0.119. The quantitative estimate of drug-likeness (QED) is 0.554. The summed E-state index contributed by atoms with van der Waals surface area (Å²) in [5.41, 5.74) is 6.17. The summed E-state index contributed by atoms with van der Waals surface area (Å²) in [4.78, 5) is 34.9. The summed E-state index contributed by atoms with van der Waals surface area (Å²) in [6, 6.07) is 10.2. The molecule has 0 fully saturated rings. The van der Waals surface area contributed by atoms with Crippen molar-refractivity contribution in [3.05, 3.63) is 48.0 Å². The topological polar surface area (TPSA) is 129 Å². The smallest absolute Gasteiger partial charge is 0.338 e. The van der Waals surface area contributed by atoms with Crippen LogP contribution in [0.5, 0.6) is 11.5 Å². The van der Waals surface area contributed by atoms with Gasteiger partial charge in [0, 0.05) is 17.4 Å². The highest BCUT2D eigenvalue weighted by atomic mass is 16.5. The van der Waals surface area contributed by atoms with Gasteiger partial charge in [-0.1, -0.05) is 0 Å². The van der Waals surface area contributed by atoms with Crippen molar-refractivity contribution in [3.8, 4) is 11.5 Å². The second-order valence-electron chi connectivity index (χ2n) is 5.72. The van der Waals surface area contributed by atoms with Gasteiger partial charge in [0.25, 0.3) is 5.91 Å². The van der Waals surface area contributed by atoms with Crippen molar-refractivity contribution in [1.82, 2.24) is 0 Å². The molecule has 0 heterocycles. The van der Waals surface area contributed by atoms with E-state index >= 15 is 0 Å². The third-order valence-electron chi connectivity index (χ3n) is 3.55. The summed E-state index contributed by atoms with van der Waals surface area (Å²) < 4.78 is 16.0. The van der Waals surface area contributed by atoms with Crippen molar-refractivity contribution in [1.29, 1.82) is 0 Å². The number of ether oxygens (including phenoxy) is 3. The zero-order chi connectivity index (χ0) is 21.2. The van der Waals surface area contributed by atoms with Crippen molar-refractivity contribution >= 4 is 29.3 Å². The predicted molar refractivity (Wildman–Crippen MR) is 107 cm³/mol. The van der Waals surface area contributed by atoms with Crippen LogP contribution in [0.15, 0.2) is 42.5 Å². The Kier molecular flexibility index (Phi) is 7.84. The van der Waals surface area contributed by atoms with Gasteiger partial charge in [-0.2, -0.15) is 0 Å². The first-order valence-electron chi connectivity index (χ1n) is 8.96. The van der Waals surface area contributed by atoms with E-state index in [-0.39, 0.29) is 5.56 Å². The fourth-order valence-electron chi connectivity index (χ4n) is 2.37. The SMILES string of the molecule is CCOc1ccc(NC(=O)COC(=O)c2ccc(NC(N)=O)cc2)cc1OCC. The molecule has 9 nitrogen and oxygen atoms in total. The van der Waals surface area contributed by atoms with Gasteiger partial charge in [0.05, 0.1) is 18.8 Å². The molecule has 2 aromatic rings. The first-order valence-corrected chi connectivity index (χ1v) is 8.96. The number of primary amides is 1. The number of nitrogens with two attached hydrogens (primary N) is 1. The number of carbonyl (C=O) groups excluding carboxylic acids is 3. The van der Waals surface area contributed by atoms with Crippen LogP contribution < -0.4 is 25.8 Å². The maximum absolute atomic E-state index is 12.1. The molecule has 0 aliphatic rings. The molecular weight excluding hydrogens is 378 g/mol. The molecule has 0 saturated heterocycles. The number of nitrogens with one attached hydrogen (secondary N) is 2. The van der Waals surface area contributed by atoms with Gasteiger partial charge < -0.3 is 30.6 Å². The number of hydrogen-bond acceptors (Lipinski definition) is 6. The van der Waals surface area contributed by atoms with E-state index in [4.69, 9.17) is 19.9 Å². The van der Waals surface area contributed by atoms with E-state index in [1.807, 2.05) is 13.8 Å². The normalized spacial score (nSPS) is 10.0. The van der Waals surface area contributed by atoms with Gasteiger partial charge in [-0.05, 0) is 50.2 Å².